The van der Waals surface area contributed by atoms with E-state index in [1.807, 2.05) is 0 Å². The second-order valence-electron chi connectivity index (χ2n) is 4.03. The molecular weight excluding hydrogens is 236 g/mol. The molecule has 0 spiro atoms. The molecule has 1 heterocycles. The van der Waals surface area contributed by atoms with E-state index in [-0.39, 0.29) is 17.4 Å². The van der Waals surface area contributed by atoms with Gasteiger partial charge in [0.2, 0.25) is 11.8 Å². The van der Waals surface area contributed by atoms with E-state index in [9.17, 15) is 14.4 Å². The predicted molar refractivity (Wildman–Crippen MR) is 63.2 cm³/mol. The van der Waals surface area contributed by atoms with Crippen molar-refractivity contribution in [2.45, 2.75) is 18.9 Å². The van der Waals surface area contributed by atoms with Crippen LogP contribution in [0.1, 0.15) is 23.2 Å². The summed E-state index contributed by atoms with van der Waals surface area (Å²) in [5.74, 6) is -1.43. The van der Waals surface area contributed by atoms with Crippen molar-refractivity contribution >= 4 is 23.5 Å². The Labute approximate surface area is 103 Å². The topological polar surface area (TPSA) is 95.5 Å². The molecule has 2 rings (SSSR count). The van der Waals surface area contributed by atoms with E-state index in [1.54, 1.807) is 0 Å². The van der Waals surface area contributed by atoms with E-state index in [4.69, 9.17) is 5.11 Å². The molecule has 1 atom stereocenters. The van der Waals surface area contributed by atoms with Crippen molar-refractivity contribution in [3.63, 3.8) is 0 Å². The van der Waals surface area contributed by atoms with Gasteiger partial charge >= 0.3 is 5.97 Å². The molecule has 0 unspecified atom stereocenters. The number of amides is 2. The van der Waals surface area contributed by atoms with Crippen LogP contribution in [0.2, 0.25) is 0 Å². The Balaban J connectivity index is 1.99. The number of hydrogen-bond donors (Lipinski definition) is 3. The smallest absolute Gasteiger partial charge is 0.335 e. The molecule has 0 radical (unpaired) electrons. The van der Waals surface area contributed by atoms with Crippen molar-refractivity contribution in [1.82, 2.24) is 5.32 Å². The highest BCUT2D eigenvalue weighted by Gasteiger charge is 2.27. The Morgan fingerprint density at radius 2 is 1.94 bits per heavy atom. The molecule has 1 fully saturated rings. The molecule has 1 saturated heterocycles. The van der Waals surface area contributed by atoms with Crippen LogP contribution in [0.15, 0.2) is 24.3 Å². The van der Waals surface area contributed by atoms with Crippen LogP contribution in [0, 0.1) is 0 Å². The van der Waals surface area contributed by atoms with Gasteiger partial charge in [0, 0.05) is 12.1 Å². The molecule has 1 aliphatic rings. The summed E-state index contributed by atoms with van der Waals surface area (Å²) in [6.45, 7) is 0. The Morgan fingerprint density at radius 1 is 1.28 bits per heavy atom. The lowest BCUT2D eigenvalue weighted by molar-refractivity contribution is -0.122. The second kappa shape index (κ2) is 4.87. The fourth-order valence-corrected chi connectivity index (χ4v) is 1.74. The van der Waals surface area contributed by atoms with E-state index in [2.05, 4.69) is 10.6 Å². The van der Waals surface area contributed by atoms with Gasteiger partial charge in [0.1, 0.15) is 6.04 Å². The van der Waals surface area contributed by atoms with Crippen LogP contribution in [0.3, 0.4) is 0 Å². The number of carbonyl (C=O) groups is 3. The first-order valence-corrected chi connectivity index (χ1v) is 5.50. The van der Waals surface area contributed by atoms with Gasteiger partial charge in [-0.15, -0.1) is 0 Å². The Kier molecular flexibility index (Phi) is 3.27. The fraction of sp³-hybridized carbons (Fsp3) is 0.250. The summed E-state index contributed by atoms with van der Waals surface area (Å²) in [5, 5.41) is 13.9. The minimum atomic E-state index is -1.02. The maximum absolute atomic E-state index is 11.7. The number of carbonyl (C=O) groups excluding carboxylic acids is 2. The third-order valence-electron chi connectivity index (χ3n) is 2.71. The Bertz CT molecular complexity index is 495. The van der Waals surface area contributed by atoms with Crippen molar-refractivity contribution < 1.29 is 19.5 Å². The highest BCUT2D eigenvalue weighted by molar-refractivity contribution is 5.99. The second-order valence-corrected chi connectivity index (χ2v) is 4.03. The average Bonchev–Trinajstić information content (AvgIpc) is 2.76. The molecular formula is C12H12N2O4. The number of anilines is 1. The van der Waals surface area contributed by atoms with Gasteiger partial charge in [-0.25, -0.2) is 4.79 Å². The molecule has 2 amide bonds. The Morgan fingerprint density at radius 3 is 2.44 bits per heavy atom. The van der Waals surface area contributed by atoms with Crippen LogP contribution >= 0.6 is 0 Å². The van der Waals surface area contributed by atoms with E-state index in [1.165, 1.54) is 24.3 Å². The summed E-state index contributed by atoms with van der Waals surface area (Å²) in [7, 11) is 0. The molecule has 6 heteroatoms. The van der Waals surface area contributed by atoms with Gasteiger partial charge in [-0.2, -0.15) is 0 Å². The molecule has 94 valence electrons. The molecule has 1 aromatic rings. The normalized spacial score (nSPS) is 18.2. The minimum absolute atomic E-state index is 0.128. The van der Waals surface area contributed by atoms with Crippen LogP contribution in [-0.4, -0.2) is 28.9 Å². The number of carboxylic acids is 1. The summed E-state index contributed by atoms with van der Waals surface area (Å²) in [6.07, 6.45) is 0.841. The van der Waals surface area contributed by atoms with Gasteiger partial charge in [0.15, 0.2) is 0 Å². The quantitative estimate of drug-likeness (QED) is 0.730. The van der Waals surface area contributed by atoms with Crippen molar-refractivity contribution in [1.29, 1.82) is 0 Å². The highest BCUT2D eigenvalue weighted by atomic mass is 16.4. The average molecular weight is 248 g/mol. The lowest BCUT2D eigenvalue weighted by atomic mass is 10.2. The number of carboxylic acid groups (broad SMARTS) is 1. The zero-order valence-electron chi connectivity index (χ0n) is 9.47. The van der Waals surface area contributed by atoms with Gasteiger partial charge in [-0.05, 0) is 30.7 Å². The highest BCUT2D eigenvalue weighted by Crippen LogP contribution is 2.12. The van der Waals surface area contributed by atoms with Crippen molar-refractivity contribution in [2.24, 2.45) is 0 Å². The van der Waals surface area contributed by atoms with Crippen molar-refractivity contribution in [3.8, 4) is 0 Å². The fourth-order valence-electron chi connectivity index (χ4n) is 1.74. The predicted octanol–water partition coefficient (Wildman–Crippen LogP) is 0.602. The minimum Gasteiger partial charge on any atom is -0.478 e. The zero-order valence-corrected chi connectivity index (χ0v) is 9.47. The van der Waals surface area contributed by atoms with Gasteiger partial charge in [0.25, 0.3) is 0 Å². The molecule has 1 aliphatic heterocycles. The summed E-state index contributed by atoms with van der Waals surface area (Å²) in [5.41, 5.74) is 0.660. The Hall–Kier alpha value is -2.37. The van der Waals surface area contributed by atoms with Gasteiger partial charge in [0.05, 0.1) is 5.56 Å². The number of aromatic carboxylic acids is 1. The van der Waals surface area contributed by atoms with E-state index in [0.717, 1.165) is 0 Å². The molecule has 0 aromatic heterocycles. The monoisotopic (exact) mass is 248 g/mol. The van der Waals surface area contributed by atoms with Gasteiger partial charge in [-0.3, -0.25) is 9.59 Å². The molecule has 1 aromatic carbocycles. The molecule has 18 heavy (non-hydrogen) atoms. The molecule has 3 N–H and O–H groups in total. The van der Waals surface area contributed by atoms with E-state index < -0.39 is 12.0 Å². The molecule has 0 bridgehead atoms. The largest absolute Gasteiger partial charge is 0.478 e. The molecule has 0 aliphatic carbocycles. The lowest BCUT2D eigenvalue weighted by Crippen LogP contribution is -2.37. The summed E-state index contributed by atoms with van der Waals surface area (Å²) < 4.78 is 0. The van der Waals surface area contributed by atoms with Gasteiger partial charge in [-0.1, -0.05) is 0 Å². The molecule has 6 nitrogen and oxygen atoms in total. The first-order valence-electron chi connectivity index (χ1n) is 5.50. The number of hydrogen-bond acceptors (Lipinski definition) is 3. The van der Waals surface area contributed by atoms with Crippen LogP contribution < -0.4 is 10.6 Å². The maximum atomic E-state index is 11.7. The van der Waals surface area contributed by atoms with Crippen molar-refractivity contribution in [3.05, 3.63) is 29.8 Å². The zero-order chi connectivity index (χ0) is 13.1. The lowest BCUT2D eigenvalue weighted by Gasteiger charge is -2.10. The third-order valence-corrected chi connectivity index (χ3v) is 2.71. The standard InChI is InChI=1S/C12H12N2O4/c15-10-6-5-9(14-10)11(16)13-8-3-1-7(2-4-8)12(17)18/h1-4,9H,5-6H2,(H,13,16)(H,14,15)(H,17,18)/t9-/m0/s1. The summed E-state index contributed by atoms with van der Waals surface area (Å²) in [6, 6.07) is 5.34. The SMILES string of the molecule is O=C1CC[C@@H](C(=O)Nc2ccc(C(=O)O)cc2)N1. The van der Waals surface area contributed by atoms with E-state index in [0.29, 0.717) is 18.5 Å². The number of benzene rings is 1. The van der Waals surface area contributed by atoms with E-state index >= 15 is 0 Å². The number of nitrogens with one attached hydrogen (secondary N) is 2. The first kappa shape index (κ1) is 12.1. The summed E-state index contributed by atoms with van der Waals surface area (Å²) >= 11 is 0. The maximum Gasteiger partial charge on any atom is 0.335 e. The third kappa shape index (κ3) is 2.65. The van der Waals surface area contributed by atoms with Gasteiger partial charge < -0.3 is 15.7 Å². The van der Waals surface area contributed by atoms with Crippen LogP contribution in [0.5, 0.6) is 0 Å². The van der Waals surface area contributed by atoms with Crippen LogP contribution in [0.25, 0.3) is 0 Å². The molecule has 0 saturated carbocycles. The van der Waals surface area contributed by atoms with Crippen LogP contribution in [-0.2, 0) is 9.59 Å². The number of rotatable bonds is 3. The van der Waals surface area contributed by atoms with Crippen molar-refractivity contribution in [2.75, 3.05) is 5.32 Å². The summed E-state index contributed by atoms with van der Waals surface area (Å²) in [4.78, 5) is 33.4. The first-order chi connectivity index (χ1) is 8.56. The van der Waals surface area contributed by atoms with Crippen LogP contribution in [0.4, 0.5) is 5.69 Å².